The third-order valence-corrected chi connectivity index (χ3v) is 6.09. The Kier molecular flexibility index (Phi) is 8.58. The Morgan fingerprint density at radius 3 is 2.46 bits per heavy atom. The number of aryl methyl sites for hydroxylation is 3. The molecule has 0 radical (unpaired) electrons. The molecule has 0 aliphatic heterocycles. The molecular formula is C30H33NO4. The summed E-state index contributed by atoms with van der Waals surface area (Å²) in [6, 6.07) is 25.1. The lowest BCUT2D eigenvalue weighted by atomic mass is 10.0. The van der Waals surface area contributed by atoms with E-state index < -0.39 is 0 Å². The summed E-state index contributed by atoms with van der Waals surface area (Å²) in [6.45, 7) is 2.87. The molecule has 5 heteroatoms. The van der Waals surface area contributed by atoms with Gasteiger partial charge in [0.05, 0.1) is 18.7 Å². The van der Waals surface area contributed by atoms with E-state index in [1.165, 1.54) is 16.5 Å². The lowest BCUT2D eigenvalue weighted by Crippen LogP contribution is -2.05. The van der Waals surface area contributed by atoms with E-state index in [2.05, 4.69) is 65.4 Å². The maximum absolute atomic E-state index is 11.9. The summed E-state index contributed by atoms with van der Waals surface area (Å²) in [5, 5.41) is 10.2. The molecule has 0 unspecified atom stereocenters. The lowest BCUT2D eigenvalue weighted by molar-refractivity contribution is -0.143. The van der Waals surface area contributed by atoms with Crippen molar-refractivity contribution in [3.63, 3.8) is 0 Å². The molecule has 0 amide bonds. The number of benzene rings is 3. The van der Waals surface area contributed by atoms with Gasteiger partial charge in [0.25, 0.3) is 0 Å². The fraction of sp³-hybridized carbons (Fsp3) is 0.300. The average Bonchev–Trinajstić information content (AvgIpc) is 3.25. The number of nitrogens with zero attached hydrogens (tertiary/aromatic N) is 1. The number of hydrogen-bond donors (Lipinski definition) is 1. The summed E-state index contributed by atoms with van der Waals surface area (Å²) >= 11 is 0. The predicted octanol–water partition coefficient (Wildman–Crippen LogP) is 5.67. The van der Waals surface area contributed by atoms with Gasteiger partial charge in [0.1, 0.15) is 5.75 Å². The van der Waals surface area contributed by atoms with Gasteiger partial charge in [0.15, 0.2) is 0 Å². The zero-order valence-corrected chi connectivity index (χ0v) is 20.3. The Balaban J connectivity index is 1.61. The first-order chi connectivity index (χ1) is 17.2. The highest BCUT2D eigenvalue weighted by Crippen LogP contribution is 2.28. The predicted molar refractivity (Wildman–Crippen MR) is 139 cm³/mol. The smallest absolute Gasteiger partial charge is 0.306 e. The molecule has 1 heterocycles. The van der Waals surface area contributed by atoms with Crippen LogP contribution >= 0.6 is 0 Å². The molecule has 0 atom stereocenters. The van der Waals surface area contributed by atoms with E-state index in [-0.39, 0.29) is 12.6 Å². The van der Waals surface area contributed by atoms with Crippen molar-refractivity contribution in [3.8, 4) is 11.4 Å². The maximum atomic E-state index is 11.9. The molecule has 4 aromatic rings. The zero-order valence-electron chi connectivity index (χ0n) is 20.3. The molecule has 1 aromatic heterocycles. The Labute approximate surface area is 206 Å². The quantitative estimate of drug-likeness (QED) is 0.214. The van der Waals surface area contributed by atoms with E-state index in [0.717, 1.165) is 35.4 Å². The van der Waals surface area contributed by atoms with Gasteiger partial charge in [0.2, 0.25) is 0 Å². The highest BCUT2D eigenvalue weighted by molar-refractivity contribution is 5.86. The molecule has 3 aromatic carbocycles. The number of aliphatic hydroxyl groups is 1. The van der Waals surface area contributed by atoms with E-state index in [0.29, 0.717) is 32.5 Å². The molecule has 0 bridgehead atoms. The largest absolute Gasteiger partial charge is 0.494 e. The van der Waals surface area contributed by atoms with Crippen molar-refractivity contribution in [3.05, 3.63) is 95.7 Å². The molecule has 0 aliphatic rings. The minimum atomic E-state index is -0.157. The topological polar surface area (TPSA) is 60.7 Å². The van der Waals surface area contributed by atoms with Crippen LogP contribution in [0.15, 0.2) is 79.0 Å². The highest BCUT2D eigenvalue weighted by Gasteiger charge is 2.12. The summed E-state index contributed by atoms with van der Waals surface area (Å²) in [4.78, 5) is 11.9. The van der Waals surface area contributed by atoms with Crippen molar-refractivity contribution >= 4 is 16.9 Å². The standard InChI is InChI=1S/C30H33NO4/c1-2-34-30(33)18-11-24-10-17-29-28(21-24)25(12-9-23-7-4-3-5-8-23)22-31(29)26-13-15-27(16-14-26)35-20-6-19-32/h3-5,7-8,10,13-17,21-22,32H,2,6,9,11-12,18-20H2,1H3. The van der Waals surface area contributed by atoms with E-state index >= 15 is 0 Å². The number of carbonyl (C=O) groups is 1. The molecule has 35 heavy (non-hydrogen) atoms. The number of carbonyl (C=O) groups excluding carboxylic acids is 1. The van der Waals surface area contributed by atoms with Crippen LogP contribution in [-0.2, 0) is 28.8 Å². The van der Waals surface area contributed by atoms with Gasteiger partial charge in [-0.1, -0.05) is 36.4 Å². The van der Waals surface area contributed by atoms with Gasteiger partial charge in [-0.3, -0.25) is 4.79 Å². The number of aromatic nitrogens is 1. The van der Waals surface area contributed by atoms with Crippen LogP contribution in [0.3, 0.4) is 0 Å². The first-order valence-corrected chi connectivity index (χ1v) is 12.3. The van der Waals surface area contributed by atoms with Gasteiger partial charge < -0.3 is 19.1 Å². The van der Waals surface area contributed by atoms with Crippen molar-refractivity contribution < 1.29 is 19.4 Å². The fourth-order valence-electron chi connectivity index (χ4n) is 4.27. The minimum Gasteiger partial charge on any atom is -0.494 e. The average molecular weight is 472 g/mol. The maximum Gasteiger partial charge on any atom is 0.306 e. The van der Waals surface area contributed by atoms with Gasteiger partial charge in [-0.05, 0) is 79.3 Å². The Morgan fingerprint density at radius 1 is 0.914 bits per heavy atom. The summed E-state index contributed by atoms with van der Waals surface area (Å²) < 4.78 is 13.0. The van der Waals surface area contributed by atoms with Gasteiger partial charge in [-0.25, -0.2) is 0 Å². The zero-order chi connectivity index (χ0) is 24.5. The molecular weight excluding hydrogens is 438 g/mol. The number of rotatable bonds is 12. The van der Waals surface area contributed by atoms with Gasteiger partial charge in [-0.15, -0.1) is 0 Å². The van der Waals surface area contributed by atoms with Crippen LogP contribution in [0.5, 0.6) is 5.75 Å². The second kappa shape index (κ2) is 12.2. The normalized spacial score (nSPS) is 11.0. The molecule has 1 N–H and O–H groups in total. The molecule has 5 nitrogen and oxygen atoms in total. The van der Waals surface area contributed by atoms with Crippen LogP contribution in [0, 0.1) is 0 Å². The Bertz CT molecular complexity index is 1230. The van der Waals surface area contributed by atoms with Crippen molar-refractivity contribution in [2.45, 2.75) is 39.0 Å². The van der Waals surface area contributed by atoms with Crippen molar-refractivity contribution in [2.75, 3.05) is 19.8 Å². The second-order valence-electron chi connectivity index (χ2n) is 8.59. The first-order valence-electron chi connectivity index (χ1n) is 12.3. The van der Waals surface area contributed by atoms with E-state index in [1.807, 2.05) is 25.1 Å². The van der Waals surface area contributed by atoms with Gasteiger partial charge >= 0.3 is 5.97 Å². The van der Waals surface area contributed by atoms with Crippen LogP contribution in [0.2, 0.25) is 0 Å². The molecule has 0 fully saturated rings. The number of ether oxygens (including phenoxy) is 2. The van der Waals surface area contributed by atoms with Crippen molar-refractivity contribution in [1.29, 1.82) is 0 Å². The number of esters is 1. The second-order valence-corrected chi connectivity index (χ2v) is 8.59. The third-order valence-electron chi connectivity index (χ3n) is 6.09. The van der Waals surface area contributed by atoms with Gasteiger partial charge in [0, 0.05) is 36.7 Å². The number of hydrogen-bond acceptors (Lipinski definition) is 4. The van der Waals surface area contributed by atoms with Crippen molar-refractivity contribution in [2.24, 2.45) is 0 Å². The fourth-order valence-corrected chi connectivity index (χ4v) is 4.27. The third kappa shape index (κ3) is 6.52. The van der Waals surface area contributed by atoms with Crippen LogP contribution in [0.1, 0.15) is 36.5 Å². The van der Waals surface area contributed by atoms with E-state index in [4.69, 9.17) is 14.6 Å². The van der Waals surface area contributed by atoms with Crippen LogP contribution in [-0.4, -0.2) is 35.5 Å². The lowest BCUT2D eigenvalue weighted by Gasteiger charge is -2.09. The summed E-state index contributed by atoms with van der Waals surface area (Å²) in [6.07, 6.45) is 5.79. The number of aliphatic hydroxyl groups excluding tert-OH is 1. The van der Waals surface area contributed by atoms with Crippen LogP contribution in [0.25, 0.3) is 16.6 Å². The summed E-state index contributed by atoms with van der Waals surface area (Å²) in [5.41, 5.74) is 5.94. The van der Waals surface area contributed by atoms with Crippen LogP contribution < -0.4 is 4.74 Å². The van der Waals surface area contributed by atoms with Crippen LogP contribution in [0.4, 0.5) is 0 Å². The molecule has 182 valence electrons. The Morgan fingerprint density at radius 2 is 1.71 bits per heavy atom. The molecule has 0 saturated carbocycles. The van der Waals surface area contributed by atoms with E-state index in [1.54, 1.807) is 0 Å². The Hall–Kier alpha value is -3.57. The van der Waals surface area contributed by atoms with Gasteiger partial charge in [-0.2, -0.15) is 0 Å². The number of fused-ring (bicyclic) bond motifs is 1. The minimum absolute atomic E-state index is 0.126. The highest BCUT2D eigenvalue weighted by atomic mass is 16.5. The SMILES string of the molecule is CCOC(=O)CCc1ccc2c(c1)c(CCc1ccccc1)cn2-c1ccc(OCCCO)cc1. The summed E-state index contributed by atoms with van der Waals surface area (Å²) in [5.74, 6) is 0.639. The van der Waals surface area contributed by atoms with Crippen molar-refractivity contribution in [1.82, 2.24) is 4.57 Å². The molecule has 4 rings (SSSR count). The molecule has 0 spiro atoms. The first kappa shape index (κ1) is 24.6. The molecule has 0 aliphatic carbocycles. The molecule has 0 saturated heterocycles. The monoisotopic (exact) mass is 471 g/mol. The van der Waals surface area contributed by atoms with E-state index in [9.17, 15) is 4.79 Å². The summed E-state index contributed by atoms with van der Waals surface area (Å²) in [7, 11) is 0.